The lowest BCUT2D eigenvalue weighted by molar-refractivity contribution is -0.122. The number of benzene rings is 1. The molecule has 1 aromatic carbocycles. The molecule has 0 unspecified atom stereocenters. The van der Waals surface area contributed by atoms with Gasteiger partial charge in [-0.15, -0.1) is 0 Å². The molecular weight excluding hydrogens is 272 g/mol. The van der Waals surface area contributed by atoms with Gasteiger partial charge in [-0.05, 0) is 19.1 Å². The van der Waals surface area contributed by atoms with Crippen LogP contribution in [0.25, 0.3) is 0 Å². The minimum Gasteiger partial charge on any atom is -0.493 e. The van der Waals surface area contributed by atoms with E-state index in [9.17, 15) is 4.79 Å². The van der Waals surface area contributed by atoms with Crippen LogP contribution in [-0.2, 0) is 9.63 Å². The first-order chi connectivity index (χ1) is 9.08. The van der Waals surface area contributed by atoms with Crippen LogP contribution in [-0.4, -0.2) is 32.4 Å². The van der Waals surface area contributed by atoms with Crippen molar-refractivity contribution in [3.8, 4) is 11.5 Å². The number of hydrogen-bond acceptors (Lipinski definition) is 5. The van der Waals surface area contributed by atoms with E-state index in [2.05, 4.69) is 9.99 Å². The van der Waals surface area contributed by atoms with Gasteiger partial charge in [0.1, 0.15) is 0 Å². The van der Waals surface area contributed by atoms with E-state index in [-0.39, 0.29) is 6.61 Å². The summed E-state index contributed by atoms with van der Waals surface area (Å²) in [5.41, 5.74) is 5.55. The third-order valence-corrected chi connectivity index (χ3v) is 2.30. The van der Waals surface area contributed by atoms with Crippen LogP contribution in [0.1, 0.15) is 12.5 Å². The second-order valence-electron chi connectivity index (χ2n) is 3.44. The van der Waals surface area contributed by atoms with Crippen molar-refractivity contribution in [2.75, 3.05) is 20.3 Å². The molecule has 0 bridgehead atoms. The first kappa shape index (κ1) is 15.1. The molecule has 6 nitrogen and oxygen atoms in total. The maximum absolute atomic E-state index is 10.4. The van der Waals surface area contributed by atoms with E-state index in [1.807, 2.05) is 6.92 Å². The van der Waals surface area contributed by atoms with Crippen LogP contribution in [0.15, 0.2) is 17.3 Å². The molecule has 2 N–H and O–H groups in total. The van der Waals surface area contributed by atoms with E-state index < -0.39 is 5.91 Å². The average Bonchev–Trinajstić information content (AvgIpc) is 2.37. The number of hydrogen-bond donors (Lipinski definition) is 1. The van der Waals surface area contributed by atoms with Gasteiger partial charge in [0.05, 0.1) is 25.0 Å². The number of amides is 1. The lowest BCUT2D eigenvalue weighted by Crippen LogP contribution is -2.16. The number of ether oxygens (including phenoxy) is 2. The summed E-state index contributed by atoms with van der Waals surface area (Å²) < 4.78 is 10.6. The topological polar surface area (TPSA) is 83.1 Å². The van der Waals surface area contributed by atoms with Crippen molar-refractivity contribution in [3.63, 3.8) is 0 Å². The molecule has 0 aliphatic rings. The number of methoxy groups -OCH3 is 1. The smallest absolute Gasteiger partial charge is 0.258 e. The van der Waals surface area contributed by atoms with E-state index in [1.165, 1.54) is 13.3 Å². The fourth-order valence-electron chi connectivity index (χ4n) is 1.30. The Morgan fingerprint density at radius 1 is 1.53 bits per heavy atom. The molecule has 0 aliphatic heterocycles. The summed E-state index contributed by atoms with van der Waals surface area (Å²) in [4.78, 5) is 15.1. The zero-order valence-corrected chi connectivity index (χ0v) is 11.4. The molecule has 19 heavy (non-hydrogen) atoms. The molecule has 0 aliphatic carbocycles. The Hall–Kier alpha value is -1.95. The Morgan fingerprint density at radius 3 is 2.84 bits per heavy atom. The molecule has 0 radical (unpaired) electrons. The first-order valence-corrected chi connectivity index (χ1v) is 5.90. The molecule has 1 aromatic rings. The maximum Gasteiger partial charge on any atom is 0.258 e. The molecule has 104 valence electrons. The van der Waals surface area contributed by atoms with Gasteiger partial charge in [-0.1, -0.05) is 16.8 Å². The summed E-state index contributed by atoms with van der Waals surface area (Å²) in [7, 11) is 1.51. The summed E-state index contributed by atoms with van der Waals surface area (Å²) in [5, 5.41) is 3.99. The van der Waals surface area contributed by atoms with E-state index in [4.69, 9.17) is 26.8 Å². The Labute approximate surface area is 116 Å². The molecule has 1 amide bonds. The van der Waals surface area contributed by atoms with Gasteiger partial charge in [-0.25, -0.2) is 0 Å². The molecule has 7 heteroatoms. The van der Waals surface area contributed by atoms with Crippen LogP contribution in [0.4, 0.5) is 0 Å². The predicted molar refractivity (Wildman–Crippen MR) is 71.9 cm³/mol. The molecule has 0 spiro atoms. The third-order valence-electron chi connectivity index (χ3n) is 2.02. The molecule has 0 saturated heterocycles. The lowest BCUT2D eigenvalue weighted by atomic mass is 10.2. The number of nitrogens with zero attached hydrogens (tertiary/aromatic N) is 1. The quantitative estimate of drug-likeness (QED) is 0.609. The lowest BCUT2D eigenvalue weighted by Gasteiger charge is -2.11. The van der Waals surface area contributed by atoms with Crippen molar-refractivity contribution in [2.45, 2.75) is 6.92 Å². The van der Waals surface area contributed by atoms with E-state index >= 15 is 0 Å². The number of primary amides is 1. The highest BCUT2D eigenvalue weighted by Crippen LogP contribution is 2.35. The molecule has 0 fully saturated rings. The molecular formula is C12H15ClN2O4. The first-order valence-electron chi connectivity index (χ1n) is 5.52. The second kappa shape index (κ2) is 7.48. The number of halogens is 1. The molecule has 0 aromatic heterocycles. The standard InChI is InChI=1S/C12H15ClN2O4/c1-3-18-12-9(13)4-8(5-10(12)17-2)6-15-19-7-11(14)16/h4-6H,3,7H2,1-2H3,(H2,14,16)/b15-6-. The largest absolute Gasteiger partial charge is 0.493 e. The van der Waals surface area contributed by atoms with Crippen LogP contribution >= 0.6 is 11.6 Å². The van der Waals surface area contributed by atoms with Gasteiger partial charge in [0.15, 0.2) is 18.1 Å². The van der Waals surface area contributed by atoms with Gasteiger partial charge >= 0.3 is 0 Å². The highest BCUT2D eigenvalue weighted by Gasteiger charge is 2.10. The van der Waals surface area contributed by atoms with Crippen molar-refractivity contribution in [1.82, 2.24) is 0 Å². The van der Waals surface area contributed by atoms with E-state index in [1.54, 1.807) is 12.1 Å². The second-order valence-corrected chi connectivity index (χ2v) is 3.85. The van der Waals surface area contributed by atoms with Crippen LogP contribution in [0.5, 0.6) is 11.5 Å². The molecule has 1 rings (SSSR count). The van der Waals surface area contributed by atoms with Crippen LogP contribution in [0.3, 0.4) is 0 Å². The average molecular weight is 287 g/mol. The fourth-order valence-corrected chi connectivity index (χ4v) is 1.57. The minimum atomic E-state index is -0.598. The van der Waals surface area contributed by atoms with Crippen LogP contribution in [0, 0.1) is 0 Å². The zero-order valence-electron chi connectivity index (χ0n) is 10.7. The normalized spacial score (nSPS) is 10.5. The minimum absolute atomic E-state index is 0.279. The third kappa shape index (κ3) is 4.67. The van der Waals surface area contributed by atoms with Gasteiger partial charge in [0, 0.05) is 5.56 Å². The summed E-state index contributed by atoms with van der Waals surface area (Å²) in [5.74, 6) is 0.368. The van der Waals surface area contributed by atoms with Gasteiger partial charge < -0.3 is 20.0 Å². The van der Waals surface area contributed by atoms with E-state index in [0.29, 0.717) is 28.7 Å². The fraction of sp³-hybridized carbons (Fsp3) is 0.333. The van der Waals surface area contributed by atoms with Gasteiger partial charge in [0.25, 0.3) is 5.91 Å². The Bertz CT molecular complexity index is 477. The highest BCUT2D eigenvalue weighted by molar-refractivity contribution is 6.32. The summed E-state index contributed by atoms with van der Waals surface area (Å²) >= 11 is 6.07. The number of oxime groups is 1. The molecule has 0 atom stereocenters. The van der Waals surface area contributed by atoms with Crippen molar-refractivity contribution < 1.29 is 19.1 Å². The van der Waals surface area contributed by atoms with Gasteiger partial charge in [0.2, 0.25) is 0 Å². The molecule has 0 saturated carbocycles. The molecule has 0 heterocycles. The van der Waals surface area contributed by atoms with Crippen molar-refractivity contribution in [3.05, 3.63) is 22.7 Å². The Balaban J connectivity index is 2.86. The Kier molecular flexibility index (Phi) is 5.95. The van der Waals surface area contributed by atoms with Crippen LogP contribution < -0.4 is 15.2 Å². The number of carbonyl (C=O) groups excluding carboxylic acids is 1. The van der Waals surface area contributed by atoms with Crippen LogP contribution in [0.2, 0.25) is 5.02 Å². The summed E-state index contributed by atoms with van der Waals surface area (Å²) in [6.45, 7) is 2.05. The van der Waals surface area contributed by atoms with Crippen molar-refractivity contribution in [2.24, 2.45) is 10.9 Å². The summed E-state index contributed by atoms with van der Waals surface area (Å²) in [6.07, 6.45) is 1.40. The van der Waals surface area contributed by atoms with Crippen molar-refractivity contribution in [1.29, 1.82) is 0 Å². The number of carbonyl (C=O) groups is 1. The number of rotatable bonds is 7. The van der Waals surface area contributed by atoms with Crippen molar-refractivity contribution >= 4 is 23.7 Å². The van der Waals surface area contributed by atoms with Gasteiger partial charge in [-0.2, -0.15) is 0 Å². The zero-order chi connectivity index (χ0) is 14.3. The predicted octanol–water partition coefficient (Wildman–Crippen LogP) is 1.58. The van der Waals surface area contributed by atoms with Gasteiger partial charge in [-0.3, -0.25) is 4.79 Å². The highest BCUT2D eigenvalue weighted by atomic mass is 35.5. The summed E-state index contributed by atoms with van der Waals surface area (Å²) in [6, 6.07) is 3.33. The maximum atomic E-state index is 10.4. The Morgan fingerprint density at radius 2 is 2.26 bits per heavy atom. The SMILES string of the molecule is CCOc1c(Cl)cc(/C=N\OCC(N)=O)cc1OC. The number of nitrogens with two attached hydrogens (primary N) is 1. The monoisotopic (exact) mass is 286 g/mol. The van der Waals surface area contributed by atoms with E-state index in [0.717, 1.165) is 0 Å².